The van der Waals surface area contributed by atoms with Crippen LogP contribution in [0.25, 0.3) is 0 Å². The van der Waals surface area contributed by atoms with Crippen molar-refractivity contribution in [3.63, 3.8) is 0 Å². The Morgan fingerprint density at radius 3 is 2.67 bits per heavy atom. The van der Waals surface area contributed by atoms with E-state index in [1.54, 1.807) is 6.92 Å². The van der Waals surface area contributed by atoms with Crippen molar-refractivity contribution < 1.29 is 14.4 Å². The maximum Gasteiger partial charge on any atom is 0.245 e. The highest BCUT2D eigenvalue weighted by Gasteiger charge is 2.34. The van der Waals surface area contributed by atoms with Gasteiger partial charge in [0.25, 0.3) is 0 Å². The first-order valence-corrected chi connectivity index (χ1v) is 8.42. The molecule has 0 unspecified atom stereocenters. The lowest BCUT2D eigenvalue weighted by atomic mass is 10.1. The average molecular weight is 331 g/mol. The molecule has 2 atom stereocenters. The zero-order valence-corrected chi connectivity index (χ0v) is 14.0. The SMILES string of the molecule is C[C@H](NC(=O)CCCc1ccccc1)C(=O)N1CCC[C@@H]1C(N)=O. The summed E-state index contributed by atoms with van der Waals surface area (Å²) in [5.74, 6) is -0.878. The molecule has 0 aromatic heterocycles. The number of amides is 3. The molecule has 1 aliphatic rings. The highest BCUT2D eigenvalue weighted by Crippen LogP contribution is 2.18. The minimum Gasteiger partial charge on any atom is -0.368 e. The molecule has 0 saturated carbocycles. The van der Waals surface area contributed by atoms with Crippen LogP contribution in [0.4, 0.5) is 0 Å². The Hall–Kier alpha value is -2.37. The molecule has 1 heterocycles. The summed E-state index contributed by atoms with van der Waals surface area (Å²) in [5.41, 5.74) is 6.52. The second-order valence-corrected chi connectivity index (χ2v) is 6.22. The van der Waals surface area contributed by atoms with Gasteiger partial charge in [-0.05, 0) is 38.2 Å². The van der Waals surface area contributed by atoms with E-state index in [4.69, 9.17) is 5.73 Å². The number of rotatable bonds is 7. The lowest BCUT2D eigenvalue weighted by Crippen LogP contribution is -2.51. The lowest BCUT2D eigenvalue weighted by molar-refractivity contribution is -0.140. The Bertz CT molecular complexity index is 588. The summed E-state index contributed by atoms with van der Waals surface area (Å²) in [6.07, 6.45) is 3.28. The van der Waals surface area contributed by atoms with Crippen LogP contribution in [0.3, 0.4) is 0 Å². The highest BCUT2D eigenvalue weighted by molar-refractivity contribution is 5.91. The smallest absolute Gasteiger partial charge is 0.245 e. The molecule has 1 aliphatic heterocycles. The third kappa shape index (κ3) is 4.81. The number of carbonyl (C=O) groups excluding carboxylic acids is 3. The van der Waals surface area contributed by atoms with Crippen molar-refractivity contribution in [1.29, 1.82) is 0 Å². The largest absolute Gasteiger partial charge is 0.368 e. The summed E-state index contributed by atoms with van der Waals surface area (Å²) >= 11 is 0. The Balaban J connectivity index is 1.76. The van der Waals surface area contributed by atoms with Gasteiger partial charge in [-0.3, -0.25) is 14.4 Å². The van der Waals surface area contributed by atoms with Gasteiger partial charge in [-0.25, -0.2) is 0 Å². The molecular weight excluding hydrogens is 306 g/mol. The predicted octanol–water partition coefficient (Wildman–Crippen LogP) is 0.990. The number of hydrogen-bond donors (Lipinski definition) is 2. The van der Waals surface area contributed by atoms with Crippen molar-refractivity contribution in [3.8, 4) is 0 Å². The summed E-state index contributed by atoms with van der Waals surface area (Å²) in [6.45, 7) is 2.16. The topological polar surface area (TPSA) is 92.5 Å². The lowest BCUT2D eigenvalue weighted by Gasteiger charge is -2.25. The van der Waals surface area contributed by atoms with E-state index in [2.05, 4.69) is 5.32 Å². The number of hydrogen-bond acceptors (Lipinski definition) is 3. The summed E-state index contributed by atoms with van der Waals surface area (Å²) in [5, 5.41) is 2.72. The molecular formula is C18H25N3O3. The van der Waals surface area contributed by atoms with E-state index in [9.17, 15) is 14.4 Å². The van der Waals surface area contributed by atoms with E-state index in [1.165, 1.54) is 10.5 Å². The van der Waals surface area contributed by atoms with Gasteiger partial charge in [0.15, 0.2) is 0 Å². The molecule has 0 radical (unpaired) electrons. The molecule has 0 aliphatic carbocycles. The Morgan fingerprint density at radius 1 is 1.29 bits per heavy atom. The zero-order chi connectivity index (χ0) is 17.5. The number of nitrogens with one attached hydrogen (secondary N) is 1. The minimum absolute atomic E-state index is 0.151. The first kappa shape index (κ1) is 18.0. The number of nitrogens with two attached hydrogens (primary N) is 1. The number of nitrogens with zero attached hydrogens (tertiary/aromatic N) is 1. The molecule has 0 bridgehead atoms. The third-order valence-corrected chi connectivity index (χ3v) is 4.32. The normalized spacial score (nSPS) is 18.2. The van der Waals surface area contributed by atoms with Gasteiger partial charge in [0.05, 0.1) is 0 Å². The average Bonchev–Trinajstić information content (AvgIpc) is 3.05. The fourth-order valence-corrected chi connectivity index (χ4v) is 3.05. The highest BCUT2D eigenvalue weighted by atomic mass is 16.2. The molecule has 1 saturated heterocycles. The fraction of sp³-hybridized carbons (Fsp3) is 0.500. The van der Waals surface area contributed by atoms with Crippen molar-refractivity contribution in [2.75, 3.05) is 6.54 Å². The summed E-state index contributed by atoms with van der Waals surface area (Å²) in [4.78, 5) is 37.3. The van der Waals surface area contributed by atoms with Gasteiger partial charge in [-0.15, -0.1) is 0 Å². The van der Waals surface area contributed by atoms with Crippen LogP contribution in [-0.2, 0) is 20.8 Å². The molecule has 0 spiro atoms. The van der Waals surface area contributed by atoms with Crippen LogP contribution in [0, 0.1) is 0 Å². The minimum atomic E-state index is -0.644. The maximum absolute atomic E-state index is 12.4. The first-order chi connectivity index (χ1) is 11.5. The summed E-state index contributed by atoms with van der Waals surface area (Å²) in [6, 6.07) is 8.77. The van der Waals surface area contributed by atoms with E-state index < -0.39 is 18.0 Å². The third-order valence-electron chi connectivity index (χ3n) is 4.32. The van der Waals surface area contributed by atoms with Crippen LogP contribution in [-0.4, -0.2) is 41.2 Å². The van der Waals surface area contributed by atoms with Gasteiger partial charge in [0.1, 0.15) is 12.1 Å². The number of likely N-dealkylation sites (tertiary alicyclic amines) is 1. The molecule has 130 valence electrons. The van der Waals surface area contributed by atoms with E-state index in [-0.39, 0.29) is 11.8 Å². The molecule has 6 nitrogen and oxygen atoms in total. The quantitative estimate of drug-likeness (QED) is 0.780. The van der Waals surface area contributed by atoms with Crippen molar-refractivity contribution >= 4 is 17.7 Å². The molecule has 1 aromatic rings. The summed E-state index contributed by atoms with van der Waals surface area (Å²) < 4.78 is 0. The predicted molar refractivity (Wildman–Crippen MR) is 90.9 cm³/mol. The van der Waals surface area contributed by atoms with Crippen LogP contribution < -0.4 is 11.1 Å². The van der Waals surface area contributed by atoms with Crippen LogP contribution in [0.2, 0.25) is 0 Å². The molecule has 3 N–H and O–H groups in total. The van der Waals surface area contributed by atoms with Gasteiger partial charge in [0.2, 0.25) is 17.7 Å². The number of benzene rings is 1. The number of carbonyl (C=O) groups is 3. The second kappa shape index (κ2) is 8.47. The fourth-order valence-electron chi connectivity index (χ4n) is 3.05. The molecule has 24 heavy (non-hydrogen) atoms. The van der Waals surface area contributed by atoms with Gasteiger partial charge >= 0.3 is 0 Å². The monoisotopic (exact) mass is 331 g/mol. The Kier molecular flexibility index (Phi) is 6.35. The van der Waals surface area contributed by atoms with E-state index >= 15 is 0 Å². The number of aryl methyl sites for hydroxylation is 1. The Morgan fingerprint density at radius 2 is 2.00 bits per heavy atom. The van der Waals surface area contributed by atoms with Crippen molar-refractivity contribution in [1.82, 2.24) is 10.2 Å². The number of primary amides is 1. The van der Waals surface area contributed by atoms with Crippen LogP contribution in [0.15, 0.2) is 30.3 Å². The van der Waals surface area contributed by atoms with Gasteiger partial charge in [-0.1, -0.05) is 30.3 Å². The molecule has 6 heteroatoms. The van der Waals surface area contributed by atoms with Crippen LogP contribution in [0.5, 0.6) is 0 Å². The van der Waals surface area contributed by atoms with Crippen LogP contribution >= 0.6 is 0 Å². The van der Waals surface area contributed by atoms with Gasteiger partial charge in [0, 0.05) is 13.0 Å². The van der Waals surface area contributed by atoms with Crippen molar-refractivity contribution in [2.24, 2.45) is 5.73 Å². The van der Waals surface area contributed by atoms with E-state index in [0.717, 1.165) is 19.3 Å². The standard InChI is InChI=1S/C18H25N3O3/c1-13(18(24)21-12-6-10-15(21)17(19)23)20-16(22)11-5-9-14-7-3-2-4-8-14/h2-4,7-8,13,15H,5-6,9-12H2,1H3,(H2,19,23)(H,20,22)/t13-,15+/m0/s1. The zero-order valence-electron chi connectivity index (χ0n) is 14.0. The van der Waals surface area contributed by atoms with E-state index in [1.807, 2.05) is 30.3 Å². The molecule has 3 amide bonds. The Labute approximate surface area is 142 Å². The molecule has 1 aromatic carbocycles. The van der Waals surface area contributed by atoms with E-state index in [0.29, 0.717) is 19.4 Å². The molecule has 2 rings (SSSR count). The van der Waals surface area contributed by atoms with Gasteiger partial charge < -0.3 is 16.0 Å². The molecule has 1 fully saturated rings. The van der Waals surface area contributed by atoms with Crippen molar-refractivity contribution in [3.05, 3.63) is 35.9 Å². The first-order valence-electron chi connectivity index (χ1n) is 8.42. The summed E-state index contributed by atoms with van der Waals surface area (Å²) in [7, 11) is 0. The van der Waals surface area contributed by atoms with Gasteiger partial charge in [-0.2, -0.15) is 0 Å². The maximum atomic E-state index is 12.4. The van der Waals surface area contributed by atoms with Crippen molar-refractivity contribution in [2.45, 2.75) is 51.1 Å². The second-order valence-electron chi connectivity index (χ2n) is 6.22. The van der Waals surface area contributed by atoms with Crippen LogP contribution in [0.1, 0.15) is 38.2 Å².